The van der Waals surface area contributed by atoms with Gasteiger partial charge in [0.25, 0.3) is 11.5 Å². The number of hydrogen-bond acceptors (Lipinski definition) is 4. The molecule has 3 aromatic rings. The summed E-state index contributed by atoms with van der Waals surface area (Å²) in [5, 5.41) is 0.662. The second-order valence-corrected chi connectivity index (χ2v) is 8.62. The lowest BCUT2D eigenvalue weighted by molar-refractivity contribution is 0.0360. The normalized spacial score (nSPS) is 18.1. The largest absolute Gasteiger partial charge is 0.333 e. The molecule has 2 aromatic carbocycles. The van der Waals surface area contributed by atoms with Crippen molar-refractivity contribution in [3.63, 3.8) is 0 Å². The molecule has 4 rings (SSSR count). The maximum atomic E-state index is 13.2. The number of fused-ring (bicyclic) bond motifs is 1. The summed E-state index contributed by atoms with van der Waals surface area (Å²) in [6.45, 7) is 11.0. The van der Waals surface area contributed by atoms with Crippen LogP contribution in [0, 0.1) is 6.92 Å². The molecule has 1 aromatic heterocycles. The van der Waals surface area contributed by atoms with E-state index in [1.165, 1.54) is 0 Å². The summed E-state index contributed by atoms with van der Waals surface area (Å²) in [6, 6.07) is 15.4. The first-order valence-corrected chi connectivity index (χ1v) is 11.6. The lowest BCUT2D eigenvalue weighted by atomic mass is 10.0. The Morgan fingerprint density at radius 3 is 2.50 bits per heavy atom. The lowest BCUT2D eigenvalue weighted by Gasteiger charge is -2.43. The van der Waals surface area contributed by atoms with Crippen LogP contribution in [0.15, 0.2) is 53.3 Å². The first kappa shape index (κ1) is 22.2. The molecule has 0 aliphatic carbocycles. The Kier molecular flexibility index (Phi) is 6.42. The van der Waals surface area contributed by atoms with Crippen LogP contribution in [0.1, 0.15) is 55.0 Å². The van der Waals surface area contributed by atoms with Crippen LogP contribution in [0.3, 0.4) is 0 Å². The van der Waals surface area contributed by atoms with Gasteiger partial charge in [-0.1, -0.05) is 37.3 Å². The van der Waals surface area contributed by atoms with Crippen LogP contribution in [-0.4, -0.2) is 50.9 Å². The van der Waals surface area contributed by atoms with E-state index in [2.05, 4.69) is 18.7 Å². The zero-order valence-corrected chi connectivity index (χ0v) is 19.4. The Morgan fingerprint density at radius 2 is 1.81 bits per heavy atom. The average molecular weight is 433 g/mol. The molecule has 1 fully saturated rings. The first-order chi connectivity index (χ1) is 15.5. The van der Waals surface area contributed by atoms with Crippen molar-refractivity contribution in [2.75, 3.05) is 19.6 Å². The maximum Gasteiger partial charge on any atom is 0.261 e. The molecule has 1 aliphatic heterocycles. The number of para-hydroxylation sites is 1. The monoisotopic (exact) mass is 432 g/mol. The van der Waals surface area contributed by atoms with Crippen molar-refractivity contribution < 1.29 is 4.79 Å². The summed E-state index contributed by atoms with van der Waals surface area (Å²) in [4.78, 5) is 35.6. The Hall–Kier alpha value is -2.99. The van der Waals surface area contributed by atoms with Gasteiger partial charge in [0.15, 0.2) is 0 Å². The van der Waals surface area contributed by atoms with Crippen LogP contribution in [0.2, 0.25) is 0 Å². The molecule has 2 heterocycles. The van der Waals surface area contributed by atoms with E-state index in [1.807, 2.05) is 71.8 Å². The van der Waals surface area contributed by atoms with Crippen LogP contribution in [0.25, 0.3) is 10.9 Å². The molecule has 32 heavy (non-hydrogen) atoms. The molecule has 0 N–H and O–H groups in total. The van der Waals surface area contributed by atoms with Gasteiger partial charge in [-0.05, 0) is 51.0 Å². The molecule has 0 spiro atoms. The minimum atomic E-state index is 0.0213. The molecule has 1 saturated heterocycles. The highest BCUT2D eigenvalue weighted by Crippen LogP contribution is 2.27. The van der Waals surface area contributed by atoms with Crippen LogP contribution < -0.4 is 5.56 Å². The topological polar surface area (TPSA) is 58.4 Å². The molecule has 6 heteroatoms. The number of rotatable bonds is 5. The quantitative estimate of drug-likeness (QED) is 0.611. The van der Waals surface area contributed by atoms with Crippen LogP contribution in [0.5, 0.6) is 0 Å². The summed E-state index contributed by atoms with van der Waals surface area (Å²) < 4.78 is 1.81. The molecule has 2 unspecified atom stereocenters. The fourth-order valence-electron chi connectivity index (χ4n) is 4.89. The average Bonchev–Trinajstić information content (AvgIpc) is 2.80. The smallest absolute Gasteiger partial charge is 0.261 e. The third kappa shape index (κ3) is 3.95. The van der Waals surface area contributed by atoms with Gasteiger partial charge in [0.1, 0.15) is 5.82 Å². The first-order valence-electron chi connectivity index (χ1n) is 11.6. The third-order valence-electron chi connectivity index (χ3n) is 6.63. The van der Waals surface area contributed by atoms with Gasteiger partial charge in [-0.25, -0.2) is 4.98 Å². The second kappa shape index (κ2) is 9.25. The minimum Gasteiger partial charge on any atom is -0.333 e. The molecule has 168 valence electrons. The number of aromatic nitrogens is 2. The number of amides is 1. The molecule has 0 bridgehead atoms. The minimum absolute atomic E-state index is 0.0213. The SMILES string of the molecule is CCC(c1nc2ccccc2c(=O)n1CC)N1CCN(C(=O)c2ccccc2C)C(C)C1. The molecular formula is C26H32N4O2. The Labute approximate surface area is 189 Å². The predicted molar refractivity (Wildman–Crippen MR) is 128 cm³/mol. The highest BCUT2D eigenvalue weighted by atomic mass is 16.2. The van der Waals surface area contributed by atoms with Gasteiger partial charge in [0, 0.05) is 37.8 Å². The molecule has 6 nitrogen and oxygen atoms in total. The highest BCUT2D eigenvalue weighted by Gasteiger charge is 2.33. The van der Waals surface area contributed by atoms with Crippen molar-refractivity contribution in [3.8, 4) is 0 Å². The fraction of sp³-hybridized carbons (Fsp3) is 0.423. The second-order valence-electron chi connectivity index (χ2n) is 8.62. The van der Waals surface area contributed by atoms with Crippen molar-refractivity contribution in [2.45, 2.75) is 52.7 Å². The third-order valence-corrected chi connectivity index (χ3v) is 6.63. The summed E-state index contributed by atoms with van der Waals surface area (Å²) in [7, 11) is 0. The summed E-state index contributed by atoms with van der Waals surface area (Å²) in [5.41, 5.74) is 2.55. The predicted octanol–water partition coefficient (Wildman–Crippen LogP) is 4.02. The summed E-state index contributed by atoms with van der Waals surface area (Å²) in [6.07, 6.45) is 0.850. The van der Waals surface area contributed by atoms with E-state index in [0.29, 0.717) is 18.5 Å². The number of hydrogen-bond donors (Lipinski definition) is 0. The summed E-state index contributed by atoms with van der Waals surface area (Å²) >= 11 is 0. The van der Waals surface area contributed by atoms with Gasteiger partial charge < -0.3 is 4.90 Å². The van der Waals surface area contributed by atoms with Gasteiger partial charge in [-0.15, -0.1) is 0 Å². The number of piperazine rings is 1. The van der Waals surface area contributed by atoms with Crippen LogP contribution in [-0.2, 0) is 6.54 Å². The molecular weight excluding hydrogens is 400 g/mol. The van der Waals surface area contributed by atoms with E-state index >= 15 is 0 Å². The van der Waals surface area contributed by atoms with Crippen molar-refractivity contribution in [2.24, 2.45) is 0 Å². The van der Waals surface area contributed by atoms with Gasteiger partial charge in [0.05, 0.1) is 16.9 Å². The van der Waals surface area contributed by atoms with E-state index < -0.39 is 0 Å². The number of nitrogens with zero attached hydrogens (tertiary/aromatic N) is 4. The number of carbonyl (C=O) groups excluding carboxylic acids is 1. The van der Waals surface area contributed by atoms with Crippen LogP contribution in [0.4, 0.5) is 0 Å². The van der Waals surface area contributed by atoms with Crippen molar-refractivity contribution in [1.82, 2.24) is 19.4 Å². The molecule has 1 aliphatic rings. The highest BCUT2D eigenvalue weighted by molar-refractivity contribution is 5.95. The molecule has 1 amide bonds. The number of aryl methyl sites for hydroxylation is 1. The van der Waals surface area contributed by atoms with Crippen molar-refractivity contribution in [3.05, 3.63) is 75.8 Å². The van der Waals surface area contributed by atoms with Gasteiger partial charge in [0.2, 0.25) is 0 Å². The van der Waals surface area contributed by atoms with E-state index in [1.54, 1.807) is 0 Å². The zero-order chi connectivity index (χ0) is 22.8. The van der Waals surface area contributed by atoms with Crippen molar-refractivity contribution in [1.29, 1.82) is 0 Å². The van der Waals surface area contributed by atoms with Gasteiger partial charge >= 0.3 is 0 Å². The van der Waals surface area contributed by atoms with E-state index in [4.69, 9.17) is 4.98 Å². The van der Waals surface area contributed by atoms with Crippen LogP contribution >= 0.6 is 0 Å². The van der Waals surface area contributed by atoms with E-state index in [-0.39, 0.29) is 23.6 Å². The Bertz CT molecular complexity index is 1190. The standard InChI is InChI=1S/C26H32N4O2/c1-5-23(24-27-22-14-10-9-13-21(22)26(32)29(24)6-2)28-15-16-30(19(4)17-28)25(31)20-12-8-7-11-18(20)3/h7-14,19,23H,5-6,15-17H2,1-4H3. The van der Waals surface area contributed by atoms with Gasteiger partial charge in [-0.2, -0.15) is 0 Å². The summed E-state index contributed by atoms with van der Waals surface area (Å²) in [5.74, 6) is 0.919. The molecule has 0 saturated carbocycles. The lowest BCUT2D eigenvalue weighted by Crippen LogP contribution is -2.55. The van der Waals surface area contributed by atoms with E-state index in [0.717, 1.165) is 42.0 Å². The van der Waals surface area contributed by atoms with Crippen molar-refractivity contribution >= 4 is 16.8 Å². The fourth-order valence-corrected chi connectivity index (χ4v) is 4.89. The zero-order valence-electron chi connectivity index (χ0n) is 19.4. The van der Waals surface area contributed by atoms with E-state index in [9.17, 15) is 9.59 Å². The maximum absolute atomic E-state index is 13.2. The Morgan fingerprint density at radius 1 is 1.09 bits per heavy atom. The number of benzene rings is 2. The molecule has 2 atom stereocenters. The van der Waals surface area contributed by atoms with Gasteiger partial charge in [-0.3, -0.25) is 19.1 Å². The number of carbonyl (C=O) groups is 1. The Balaban J connectivity index is 1.62. The molecule has 0 radical (unpaired) electrons.